The Kier molecular flexibility index (Phi) is 7.82. The van der Waals surface area contributed by atoms with Crippen molar-refractivity contribution >= 4 is 29.2 Å². The van der Waals surface area contributed by atoms with Crippen molar-refractivity contribution in [3.05, 3.63) is 71.1 Å². The number of halogens is 4. The summed E-state index contributed by atoms with van der Waals surface area (Å²) in [4.78, 5) is 20.8. The summed E-state index contributed by atoms with van der Waals surface area (Å²) in [5.41, 5.74) is 0.0218. The van der Waals surface area contributed by atoms with Crippen molar-refractivity contribution in [2.45, 2.75) is 45.6 Å². The number of Topliss-reactive ketones (excluding diaryl/α,β-unsaturated/α-hetero) is 1. The minimum atomic E-state index is -3.19. The Labute approximate surface area is 240 Å². The third-order valence-electron chi connectivity index (χ3n) is 7.66. The van der Waals surface area contributed by atoms with E-state index in [1.807, 2.05) is 0 Å². The van der Waals surface area contributed by atoms with E-state index >= 15 is 4.39 Å². The number of alkyl halides is 2. The number of ether oxygens (including phenoxy) is 1. The first-order valence-electron chi connectivity index (χ1n) is 13.6. The number of hydrogen-bond acceptors (Lipinski definition) is 6. The third kappa shape index (κ3) is 6.02. The quantitative estimate of drug-likeness (QED) is 0.248. The van der Waals surface area contributed by atoms with Gasteiger partial charge in [-0.2, -0.15) is 5.10 Å². The molecule has 0 radical (unpaired) electrons. The first-order valence-corrected chi connectivity index (χ1v) is 13.6. The Morgan fingerprint density at radius 2 is 1.98 bits per heavy atom. The number of ketones is 1. The van der Waals surface area contributed by atoms with Gasteiger partial charge in [-0.05, 0) is 43.3 Å². The molecule has 1 N–H and O–H groups in total. The second-order valence-corrected chi connectivity index (χ2v) is 11.4. The fraction of sp³-hybridized carbons (Fsp3) is 0.400. The Bertz CT molecular complexity index is 1620. The molecule has 2 aromatic heterocycles. The Morgan fingerprint density at radius 1 is 1.19 bits per heavy atom. The number of carbonyl (C=O) groups is 1. The van der Waals surface area contributed by atoms with Crippen molar-refractivity contribution in [3.63, 3.8) is 0 Å². The van der Waals surface area contributed by atoms with E-state index in [2.05, 4.69) is 26.9 Å². The van der Waals surface area contributed by atoms with E-state index in [0.717, 1.165) is 0 Å². The van der Waals surface area contributed by atoms with Crippen molar-refractivity contribution < 1.29 is 27.1 Å². The number of allylic oxidation sites excluding steroid dienone is 2. The lowest BCUT2D eigenvalue weighted by atomic mass is 9.85. The molecule has 0 spiro atoms. The predicted molar refractivity (Wildman–Crippen MR) is 152 cm³/mol. The molecule has 0 fully saturated rings. The van der Waals surface area contributed by atoms with Gasteiger partial charge in [0.15, 0.2) is 18.2 Å². The first kappa shape index (κ1) is 29.3. The van der Waals surface area contributed by atoms with Crippen LogP contribution in [0.3, 0.4) is 0 Å². The van der Waals surface area contributed by atoms with Crippen LogP contribution in [0.2, 0.25) is 0 Å². The summed E-state index contributed by atoms with van der Waals surface area (Å²) in [5.74, 6) is -5.59. The highest BCUT2D eigenvalue weighted by molar-refractivity contribution is 6.04. The maximum atomic E-state index is 15.6. The Morgan fingerprint density at radius 3 is 2.74 bits per heavy atom. The smallest absolute Gasteiger partial charge is 0.281 e. The van der Waals surface area contributed by atoms with Gasteiger partial charge >= 0.3 is 0 Å². The predicted octanol–water partition coefficient (Wildman–Crippen LogP) is 6.31. The number of carbonyl (C=O) groups excluding carboxylic acids is 1. The average molecular weight is 585 g/mol. The average Bonchev–Trinajstić information content (AvgIpc) is 3.59. The molecule has 2 aliphatic rings. The monoisotopic (exact) mass is 584 g/mol. The molecule has 5 rings (SSSR count). The SMILES string of the molecule is C=N/C1=N\N(C)CC2=CC(CC=C2F)C(=O)c2c(F)cc3[nH]ccc3c2Cn2ccc(n2)OCC(F)(F)CCC1(C)C. The summed E-state index contributed by atoms with van der Waals surface area (Å²) in [6, 6.07) is 4.41. The topological polar surface area (TPSA) is 87.9 Å². The highest BCUT2D eigenvalue weighted by Gasteiger charge is 2.36. The van der Waals surface area contributed by atoms with E-state index in [1.54, 1.807) is 33.2 Å². The number of rotatable bonds is 0. The minimum absolute atomic E-state index is 0.0199. The molecule has 1 atom stereocenters. The zero-order chi connectivity index (χ0) is 30.2. The lowest BCUT2D eigenvalue weighted by Crippen LogP contribution is -2.32. The van der Waals surface area contributed by atoms with E-state index in [0.29, 0.717) is 16.5 Å². The van der Waals surface area contributed by atoms with Crippen molar-refractivity contribution in [2.24, 2.45) is 21.4 Å². The van der Waals surface area contributed by atoms with Crippen LogP contribution in [0.15, 0.2) is 64.2 Å². The number of hydrazone groups is 1. The third-order valence-corrected chi connectivity index (χ3v) is 7.66. The summed E-state index contributed by atoms with van der Waals surface area (Å²) in [5, 5.41) is 10.7. The largest absolute Gasteiger partial charge is 0.470 e. The zero-order valence-corrected chi connectivity index (χ0v) is 23.6. The van der Waals surface area contributed by atoms with E-state index in [1.165, 1.54) is 40.2 Å². The number of H-pyrrole nitrogens is 1. The maximum Gasteiger partial charge on any atom is 0.281 e. The second kappa shape index (κ2) is 11.2. The fourth-order valence-corrected chi connectivity index (χ4v) is 5.28. The van der Waals surface area contributed by atoms with Crippen LogP contribution in [0.4, 0.5) is 17.6 Å². The van der Waals surface area contributed by atoms with Gasteiger partial charge in [0.1, 0.15) is 11.6 Å². The van der Waals surface area contributed by atoms with Gasteiger partial charge in [0.2, 0.25) is 5.88 Å². The van der Waals surface area contributed by atoms with Gasteiger partial charge in [0.05, 0.1) is 18.7 Å². The molecule has 8 nitrogen and oxygen atoms in total. The van der Waals surface area contributed by atoms with Crippen LogP contribution >= 0.6 is 0 Å². The number of amidine groups is 1. The van der Waals surface area contributed by atoms with Gasteiger partial charge in [-0.15, -0.1) is 5.10 Å². The summed E-state index contributed by atoms with van der Waals surface area (Å²) in [6.45, 7) is 6.04. The van der Waals surface area contributed by atoms with Crippen LogP contribution in [0.25, 0.3) is 10.9 Å². The van der Waals surface area contributed by atoms with Crippen molar-refractivity contribution in [2.75, 3.05) is 20.2 Å². The van der Waals surface area contributed by atoms with Crippen LogP contribution in [0, 0.1) is 17.2 Å². The number of hydrogen-bond donors (Lipinski definition) is 1. The molecular formula is C30H32F4N6O2. The van der Waals surface area contributed by atoms with Crippen molar-refractivity contribution in [1.29, 1.82) is 0 Å². The van der Waals surface area contributed by atoms with Gasteiger partial charge in [-0.1, -0.05) is 19.9 Å². The van der Waals surface area contributed by atoms with Gasteiger partial charge in [-0.3, -0.25) is 14.5 Å². The number of aromatic nitrogens is 3. The number of nitrogens with zero attached hydrogens (tertiary/aromatic N) is 5. The standard InChI is InChI=1S/C30H32F4N6O2/c1-29(2)9-10-30(33,34)17-42-25-8-12-40(37-25)16-21-20-7-11-36-24(20)14-23(32)26(21)27(41)18-5-6-22(31)19(13-18)15-39(4)38-28(29)35-3/h6-8,11-14,18,36H,3,5,9-10,15-17H2,1-2,4H3/b38-28-. The van der Waals surface area contributed by atoms with Gasteiger partial charge in [-0.25, -0.2) is 22.6 Å². The zero-order valence-electron chi connectivity index (χ0n) is 23.6. The highest BCUT2D eigenvalue weighted by atomic mass is 19.3. The van der Waals surface area contributed by atoms with Crippen molar-refractivity contribution in [3.8, 4) is 5.88 Å². The minimum Gasteiger partial charge on any atom is -0.470 e. The molecule has 222 valence electrons. The lowest BCUT2D eigenvalue weighted by Gasteiger charge is -2.28. The van der Waals surface area contributed by atoms with E-state index in [-0.39, 0.29) is 48.8 Å². The molecule has 1 aliphatic heterocycles. The Balaban J connectivity index is 1.60. The maximum absolute atomic E-state index is 15.6. The molecule has 3 aromatic rings. The van der Waals surface area contributed by atoms with Crippen LogP contribution in [0.5, 0.6) is 5.88 Å². The molecule has 1 unspecified atom stereocenters. The number of aromatic amines is 1. The van der Waals surface area contributed by atoms with Gasteiger partial charge in [0.25, 0.3) is 5.92 Å². The van der Waals surface area contributed by atoms with E-state index in [4.69, 9.17) is 4.74 Å². The normalized spacial score (nSPS) is 22.7. The fourth-order valence-electron chi connectivity index (χ4n) is 5.28. The summed E-state index contributed by atoms with van der Waals surface area (Å²) >= 11 is 0. The number of nitrogens with one attached hydrogen (secondary N) is 1. The summed E-state index contributed by atoms with van der Waals surface area (Å²) in [7, 11) is 1.59. The van der Waals surface area contributed by atoms with Crippen LogP contribution in [0.1, 0.15) is 49.0 Å². The van der Waals surface area contributed by atoms with Crippen molar-refractivity contribution in [1.82, 2.24) is 19.8 Å². The second-order valence-electron chi connectivity index (χ2n) is 11.4. The molecule has 12 heteroatoms. The molecule has 42 heavy (non-hydrogen) atoms. The Hall–Kier alpha value is -4.22. The first-order chi connectivity index (χ1) is 19.9. The van der Waals surface area contributed by atoms with E-state index < -0.39 is 47.7 Å². The van der Waals surface area contributed by atoms with Crippen LogP contribution in [-0.2, 0) is 6.54 Å². The molecule has 3 heterocycles. The van der Waals surface area contributed by atoms with Crippen LogP contribution in [-0.4, -0.2) is 64.2 Å². The molecule has 0 saturated heterocycles. The highest BCUT2D eigenvalue weighted by Crippen LogP contribution is 2.34. The van der Waals surface area contributed by atoms with Gasteiger partial charge in [0, 0.05) is 59.7 Å². The molecule has 0 saturated carbocycles. The molecule has 0 amide bonds. The molecular weight excluding hydrogens is 552 g/mol. The number of benzene rings is 1. The summed E-state index contributed by atoms with van der Waals surface area (Å²) in [6.07, 6.45) is 5.53. The molecule has 1 aromatic carbocycles. The summed E-state index contributed by atoms with van der Waals surface area (Å²) < 4.78 is 67.0. The van der Waals surface area contributed by atoms with Gasteiger partial charge < -0.3 is 9.72 Å². The number of aliphatic imine (C=N–C) groups is 1. The number of fused-ring (bicyclic) bond motifs is 6. The molecule has 1 aliphatic carbocycles. The molecule has 4 bridgehead atoms. The number of likely N-dealkylation sites (N-methyl/N-ethyl adjacent to an activating group) is 1. The van der Waals surface area contributed by atoms with E-state index in [9.17, 15) is 18.0 Å². The lowest BCUT2D eigenvalue weighted by molar-refractivity contribution is -0.0540. The van der Waals surface area contributed by atoms with Crippen LogP contribution < -0.4 is 4.74 Å².